The molecule has 0 saturated carbocycles. The zero-order chi connectivity index (χ0) is 13.7. The molecule has 0 radical (unpaired) electrons. The van der Waals surface area contributed by atoms with E-state index in [9.17, 15) is 4.39 Å². The standard InChI is InChI=1S/C15H17FN2O/c16-13-8-14(17)10-15(9-13)18(6-7-19)11-12-4-2-1-3-5-12/h1-5,8-10,19H,6-7,11,17H2. The maximum Gasteiger partial charge on any atom is 0.127 e. The molecule has 2 rings (SSSR count). The fourth-order valence-electron chi connectivity index (χ4n) is 2.00. The molecule has 0 aliphatic rings. The third-order valence-electron chi connectivity index (χ3n) is 2.86. The molecule has 0 heterocycles. The van der Waals surface area contributed by atoms with E-state index in [1.54, 1.807) is 6.07 Å². The fourth-order valence-corrected chi connectivity index (χ4v) is 2.00. The summed E-state index contributed by atoms with van der Waals surface area (Å²) in [6.45, 7) is 1.03. The van der Waals surface area contributed by atoms with Crippen molar-refractivity contribution in [1.82, 2.24) is 0 Å². The Labute approximate surface area is 112 Å². The van der Waals surface area contributed by atoms with Gasteiger partial charge in [0, 0.05) is 24.5 Å². The molecule has 0 aliphatic carbocycles. The lowest BCUT2D eigenvalue weighted by Gasteiger charge is -2.24. The van der Waals surface area contributed by atoms with Gasteiger partial charge in [0.1, 0.15) is 5.82 Å². The smallest absolute Gasteiger partial charge is 0.127 e. The summed E-state index contributed by atoms with van der Waals surface area (Å²) in [5, 5.41) is 9.15. The first-order valence-corrected chi connectivity index (χ1v) is 6.15. The van der Waals surface area contributed by atoms with Gasteiger partial charge < -0.3 is 15.7 Å². The first-order valence-electron chi connectivity index (χ1n) is 6.15. The summed E-state index contributed by atoms with van der Waals surface area (Å²) in [5.41, 5.74) is 7.81. The van der Waals surface area contributed by atoms with E-state index in [2.05, 4.69) is 0 Å². The van der Waals surface area contributed by atoms with Gasteiger partial charge in [-0.15, -0.1) is 0 Å². The van der Waals surface area contributed by atoms with E-state index in [4.69, 9.17) is 10.8 Å². The first-order chi connectivity index (χ1) is 9.19. The van der Waals surface area contributed by atoms with Crippen molar-refractivity contribution < 1.29 is 9.50 Å². The van der Waals surface area contributed by atoms with Gasteiger partial charge >= 0.3 is 0 Å². The lowest BCUT2D eigenvalue weighted by atomic mass is 10.2. The number of aliphatic hydroxyl groups is 1. The largest absolute Gasteiger partial charge is 0.399 e. The van der Waals surface area contributed by atoms with Crippen LogP contribution >= 0.6 is 0 Å². The van der Waals surface area contributed by atoms with Crippen LogP contribution in [0, 0.1) is 5.82 Å². The van der Waals surface area contributed by atoms with Crippen LogP contribution in [0.4, 0.5) is 15.8 Å². The predicted octanol–water partition coefficient (Wildman–Crippen LogP) is 2.41. The normalized spacial score (nSPS) is 10.4. The highest BCUT2D eigenvalue weighted by Crippen LogP contribution is 2.21. The van der Waals surface area contributed by atoms with E-state index in [-0.39, 0.29) is 12.4 Å². The number of nitrogens with zero attached hydrogens (tertiary/aromatic N) is 1. The van der Waals surface area contributed by atoms with Crippen LogP contribution in [-0.4, -0.2) is 18.3 Å². The topological polar surface area (TPSA) is 49.5 Å². The molecule has 0 amide bonds. The summed E-state index contributed by atoms with van der Waals surface area (Å²) in [6.07, 6.45) is 0. The molecule has 19 heavy (non-hydrogen) atoms. The van der Waals surface area contributed by atoms with E-state index in [0.717, 1.165) is 5.56 Å². The highest BCUT2D eigenvalue weighted by atomic mass is 19.1. The number of nitrogen functional groups attached to an aromatic ring is 1. The second-order valence-electron chi connectivity index (χ2n) is 4.37. The third kappa shape index (κ3) is 3.69. The van der Waals surface area contributed by atoms with Gasteiger partial charge in [-0.3, -0.25) is 0 Å². The van der Waals surface area contributed by atoms with Crippen LogP contribution in [0.25, 0.3) is 0 Å². The van der Waals surface area contributed by atoms with Gasteiger partial charge in [0.05, 0.1) is 6.61 Å². The quantitative estimate of drug-likeness (QED) is 0.812. The van der Waals surface area contributed by atoms with Crippen LogP contribution in [0.15, 0.2) is 48.5 Å². The van der Waals surface area contributed by atoms with Crippen molar-refractivity contribution in [2.75, 3.05) is 23.8 Å². The summed E-state index contributed by atoms with van der Waals surface area (Å²) < 4.78 is 13.4. The Hall–Kier alpha value is -2.07. The van der Waals surface area contributed by atoms with Crippen molar-refractivity contribution in [3.05, 3.63) is 59.9 Å². The first kappa shape index (κ1) is 13.4. The number of rotatable bonds is 5. The lowest BCUT2D eigenvalue weighted by molar-refractivity contribution is 0.301. The summed E-state index contributed by atoms with van der Waals surface area (Å²) in [7, 11) is 0. The van der Waals surface area contributed by atoms with Crippen LogP contribution in [0.5, 0.6) is 0 Å². The van der Waals surface area contributed by atoms with Gasteiger partial charge in [0.15, 0.2) is 0 Å². The van der Waals surface area contributed by atoms with Crippen molar-refractivity contribution in [3.63, 3.8) is 0 Å². The molecule has 0 bridgehead atoms. The number of aliphatic hydroxyl groups excluding tert-OH is 1. The summed E-state index contributed by atoms with van der Waals surface area (Å²) in [4.78, 5) is 1.90. The summed E-state index contributed by atoms with van der Waals surface area (Å²) in [5.74, 6) is -0.369. The van der Waals surface area contributed by atoms with Gasteiger partial charge in [-0.25, -0.2) is 4.39 Å². The Morgan fingerprint density at radius 3 is 2.47 bits per heavy atom. The number of hydrogen-bond acceptors (Lipinski definition) is 3. The van der Waals surface area contributed by atoms with Gasteiger partial charge in [-0.05, 0) is 23.8 Å². The number of halogens is 1. The zero-order valence-corrected chi connectivity index (χ0v) is 10.6. The van der Waals surface area contributed by atoms with Crippen molar-refractivity contribution >= 4 is 11.4 Å². The Morgan fingerprint density at radius 2 is 1.84 bits per heavy atom. The molecule has 2 aromatic rings. The molecule has 0 unspecified atom stereocenters. The number of hydrogen-bond donors (Lipinski definition) is 2. The number of benzene rings is 2. The molecular formula is C15H17FN2O. The van der Waals surface area contributed by atoms with E-state index in [0.29, 0.717) is 24.5 Å². The maximum absolute atomic E-state index is 13.4. The van der Waals surface area contributed by atoms with Crippen LogP contribution in [0.3, 0.4) is 0 Å². The molecule has 3 N–H and O–H groups in total. The summed E-state index contributed by atoms with van der Waals surface area (Å²) in [6, 6.07) is 14.2. The Balaban J connectivity index is 2.24. The molecule has 0 saturated heterocycles. The molecule has 100 valence electrons. The molecule has 4 heteroatoms. The van der Waals surface area contributed by atoms with Crippen molar-refractivity contribution in [1.29, 1.82) is 0 Å². The number of nitrogens with two attached hydrogens (primary N) is 1. The highest BCUT2D eigenvalue weighted by Gasteiger charge is 2.09. The second kappa shape index (κ2) is 6.20. The van der Waals surface area contributed by atoms with Gasteiger partial charge in [0.2, 0.25) is 0 Å². The van der Waals surface area contributed by atoms with Gasteiger partial charge in [-0.2, -0.15) is 0 Å². The maximum atomic E-state index is 13.4. The molecular weight excluding hydrogens is 243 g/mol. The molecule has 0 aromatic heterocycles. The van der Waals surface area contributed by atoms with E-state index in [1.165, 1.54) is 12.1 Å². The van der Waals surface area contributed by atoms with Crippen LogP contribution in [0.1, 0.15) is 5.56 Å². The predicted molar refractivity (Wildman–Crippen MR) is 75.4 cm³/mol. The third-order valence-corrected chi connectivity index (χ3v) is 2.86. The van der Waals surface area contributed by atoms with E-state index >= 15 is 0 Å². The second-order valence-corrected chi connectivity index (χ2v) is 4.37. The number of anilines is 2. The molecule has 0 aliphatic heterocycles. The monoisotopic (exact) mass is 260 g/mol. The summed E-state index contributed by atoms with van der Waals surface area (Å²) >= 11 is 0. The van der Waals surface area contributed by atoms with Crippen LogP contribution in [0.2, 0.25) is 0 Å². The Bertz CT molecular complexity index is 511. The minimum atomic E-state index is -0.369. The lowest BCUT2D eigenvalue weighted by Crippen LogP contribution is -2.26. The molecule has 0 fully saturated rings. The Kier molecular flexibility index (Phi) is 4.36. The van der Waals surface area contributed by atoms with Crippen molar-refractivity contribution in [2.45, 2.75) is 6.54 Å². The minimum absolute atomic E-state index is 0.00323. The molecule has 3 nitrogen and oxygen atoms in total. The fraction of sp³-hybridized carbons (Fsp3) is 0.200. The Morgan fingerprint density at radius 1 is 1.11 bits per heavy atom. The minimum Gasteiger partial charge on any atom is -0.399 e. The van der Waals surface area contributed by atoms with Crippen molar-refractivity contribution in [3.8, 4) is 0 Å². The van der Waals surface area contributed by atoms with Crippen LogP contribution in [-0.2, 0) is 6.54 Å². The van der Waals surface area contributed by atoms with Gasteiger partial charge in [-0.1, -0.05) is 30.3 Å². The molecule has 0 spiro atoms. The van der Waals surface area contributed by atoms with Crippen LogP contribution < -0.4 is 10.6 Å². The highest BCUT2D eigenvalue weighted by molar-refractivity contribution is 5.56. The van der Waals surface area contributed by atoms with Gasteiger partial charge in [0.25, 0.3) is 0 Å². The van der Waals surface area contributed by atoms with E-state index < -0.39 is 0 Å². The SMILES string of the molecule is Nc1cc(F)cc(N(CCO)Cc2ccccc2)c1. The van der Waals surface area contributed by atoms with Crippen molar-refractivity contribution in [2.24, 2.45) is 0 Å². The average molecular weight is 260 g/mol. The average Bonchev–Trinajstić information content (AvgIpc) is 2.38. The zero-order valence-electron chi connectivity index (χ0n) is 10.6. The molecule has 2 aromatic carbocycles. The molecule has 0 atom stereocenters. The van der Waals surface area contributed by atoms with E-state index in [1.807, 2.05) is 35.2 Å².